The smallest absolute Gasteiger partial charge is 0.358 e. The van der Waals surface area contributed by atoms with Gasteiger partial charge in [-0.25, -0.2) is 27.2 Å². The lowest BCUT2D eigenvalue weighted by molar-refractivity contribution is 0.0691. The molecule has 2 aromatic rings. The van der Waals surface area contributed by atoms with Crippen LogP contribution < -0.4 is 5.73 Å². The summed E-state index contributed by atoms with van der Waals surface area (Å²) in [6.07, 6.45) is 2.47. The number of anilines is 1. The van der Waals surface area contributed by atoms with Gasteiger partial charge in [0.15, 0.2) is 11.5 Å². The second kappa shape index (κ2) is 5.14. The number of nitrogens with zero attached hydrogens (tertiary/aromatic N) is 4. The van der Waals surface area contributed by atoms with Crippen molar-refractivity contribution in [3.63, 3.8) is 0 Å². The molecule has 0 radical (unpaired) electrons. The third kappa shape index (κ3) is 2.71. The van der Waals surface area contributed by atoms with Crippen LogP contribution in [0, 0.1) is 0 Å². The van der Waals surface area contributed by atoms with E-state index in [1.807, 2.05) is 0 Å². The number of rotatable bonds is 4. The summed E-state index contributed by atoms with van der Waals surface area (Å²) in [6.45, 7) is 0. The van der Waals surface area contributed by atoms with Crippen molar-refractivity contribution in [2.75, 3.05) is 19.8 Å². The summed E-state index contributed by atoms with van der Waals surface area (Å²) in [4.78, 5) is 14.8. The van der Waals surface area contributed by atoms with Gasteiger partial charge in [-0.3, -0.25) is 0 Å². The number of sulfonamides is 1. The second-order valence-electron chi connectivity index (χ2n) is 4.32. The first kappa shape index (κ1) is 14.9. The number of hydrogen-bond donors (Lipinski definition) is 2. The zero-order chi connectivity index (χ0) is 15.8. The average Bonchev–Trinajstić information content (AvgIpc) is 2.81. The molecule has 2 rings (SSSR count). The van der Waals surface area contributed by atoms with Crippen molar-refractivity contribution in [3.05, 3.63) is 30.2 Å². The van der Waals surface area contributed by atoms with Gasteiger partial charge in [-0.15, -0.1) is 0 Å². The van der Waals surface area contributed by atoms with Gasteiger partial charge in [0, 0.05) is 20.3 Å². The molecule has 0 aromatic carbocycles. The summed E-state index contributed by atoms with van der Waals surface area (Å²) in [5, 5.41) is 12.7. The number of nitrogens with two attached hydrogens (primary N) is 1. The van der Waals surface area contributed by atoms with Gasteiger partial charge in [0.2, 0.25) is 10.0 Å². The minimum atomic E-state index is -3.57. The van der Waals surface area contributed by atoms with Crippen LogP contribution in [0.1, 0.15) is 10.5 Å². The van der Waals surface area contributed by atoms with Gasteiger partial charge >= 0.3 is 5.97 Å². The van der Waals surface area contributed by atoms with E-state index < -0.39 is 16.0 Å². The Kier molecular flexibility index (Phi) is 3.66. The molecule has 0 amide bonds. The van der Waals surface area contributed by atoms with Gasteiger partial charge in [0.1, 0.15) is 4.90 Å². The molecule has 0 aliphatic carbocycles. The highest BCUT2D eigenvalue weighted by atomic mass is 32.2. The minimum Gasteiger partial charge on any atom is -0.476 e. The minimum absolute atomic E-state index is 0.00529. The summed E-state index contributed by atoms with van der Waals surface area (Å²) in [6, 6.07) is 2.77. The third-order valence-corrected chi connectivity index (χ3v) is 4.48. The summed E-state index contributed by atoms with van der Waals surface area (Å²) < 4.78 is 26.0. The highest BCUT2D eigenvalue weighted by molar-refractivity contribution is 7.89. The molecule has 9 nitrogen and oxygen atoms in total. The average molecular weight is 311 g/mol. The molecular formula is C11H13N5O4S. The van der Waals surface area contributed by atoms with Crippen LogP contribution in [-0.2, 0) is 10.0 Å². The normalized spacial score (nSPS) is 11.8. The molecule has 2 aromatic heterocycles. The fourth-order valence-corrected chi connectivity index (χ4v) is 2.39. The lowest BCUT2D eigenvalue weighted by Crippen LogP contribution is -2.22. The van der Waals surface area contributed by atoms with Crippen LogP contribution in [0.2, 0.25) is 0 Å². The highest BCUT2D eigenvalue weighted by Gasteiger charge is 2.18. The number of nitrogen functional groups attached to an aromatic ring is 1. The molecule has 2 heterocycles. The van der Waals surface area contributed by atoms with E-state index in [0.29, 0.717) is 0 Å². The maximum absolute atomic E-state index is 11.9. The Morgan fingerprint density at radius 2 is 2.05 bits per heavy atom. The standard InChI is InChI=1S/C11H13N5O4S/c1-15(2)21(19,20)7-3-4-9(13-5-7)16-6-8(12)10(14-16)11(17)18/h3-6H,12H2,1-2H3,(H,17,18). The molecule has 0 aliphatic heterocycles. The van der Waals surface area contributed by atoms with E-state index >= 15 is 0 Å². The molecular weight excluding hydrogens is 298 g/mol. The summed E-state index contributed by atoms with van der Waals surface area (Å²) in [5.41, 5.74) is 5.23. The van der Waals surface area contributed by atoms with Crippen LogP contribution >= 0.6 is 0 Å². The van der Waals surface area contributed by atoms with Crippen molar-refractivity contribution in [1.29, 1.82) is 0 Å². The molecule has 10 heteroatoms. The first-order valence-electron chi connectivity index (χ1n) is 5.71. The third-order valence-electron chi connectivity index (χ3n) is 2.68. The van der Waals surface area contributed by atoms with E-state index in [9.17, 15) is 13.2 Å². The van der Waals surface area contributed by atoms with Crippen LogP contribution in [-0.4, -0.2) is 52.7 Å². The van der Waals surface area contributed by atoms with Crippen molar-refractivity contribution in [2.24, 2.45) is 0 Å². The summed E-state index contributed by atoms with van der Waals surface area (Å²) in [7, 11) is -0.743. The van der Waals surface area contributed by atoms with Crippen LogP contribution in [0.3, 0.4) is 0 Å². The summed E-state index contributed by atoms with van der Waals surface area (Å²) in [5.74, 6) is -0.995. The van der Waals surface area contributed by atoms with Crippen molar-refractivity contribution < 1.29 is 18.3 Å². The van der Waals surface area contributed by atoms with Crippen molar-refractivity contribution in [3.8, 4) is 5.82 Å². The number of aromatic carboxylic acids is 1. The fourth-order valence-electron chi connectivity index (χ4n) is 1.54. The van der Waals surface area contributed by atoms with Crippen molar-refractivity contribution >= 4 is 21.7 Å². The molecule has 0 saturated heterocycles. The summed E-state index contributed by atoms with van der Waals surface area (Å²) >= 11 is 0. The lowest BCUT2D eigenvalue weighted by Gasteiger charge is -2.11. The first-order valence-corrected chi connectivity index (χ1v) is 7.15. The van der Waals surface area contributed by atoms with E-state index in [2.05, 4.69) is 10.1 Å². The Hall–Kier alpha value is -2.46. The molecule has 21 heavy (non-hydrogen) atoms. The highest BCUT2D eigenvalue weighted by Crippen LogP contribution is 2.16. The molecule has 0 bridgehead atoms. The van der Waals surface area contributed by atoms with Gasteiger partial charge < -0.3 is 10.8 Å². The molecule has 0 spiro atoms. The molecule has 0 atom stereocenters. The number of carboxylic acids is 1. The van der Waals surface area contributed by atoms with E-state index in [0.717, 1.165) is 4.31 Å². The quantitative estimate of drug-likeness (QED) is 0.799. The van der Waals surface area contributed by atoms with Crippen LogP contribution in [0.5, 0.6) is 0 Å². The maximum atomic E-state index is 11.9. The van der Waals surface area contributed by atoms with Gasteiger partial charge in [-0.05, 0) is 12.1 Å². The van der Waals surface area contributed by atoms with Gasteiger partial charge in [0.25, 0.3) is 0 Å². The predicted molar refractivity (Wildman–Crippen MR) is 73.6 cm³/mol. The molecule has 0 unspecified atom stereocenters. The Bertz CT molecular complexity index is 779. The Balaban J connectivity index is 2.40. The SMILES string of the molecule is CN(C)S(=O)(=O)c1ccc(-n2cc(N)c(C(=O)O)n2)nc1. The zero-order valence-electron chi connectivity index (χ0n) is 11.3. The first-order chi connectivity index (χ1) is 9.73. The Labute approximate surface area is 120 Å². The Morgan fingerprint density at radius 1 is 1.38 bits per heavy atom. The molecule has 3 N–H and O–H groups in total. The molecule has 0 fully saturated rings. The van der Waals surface area contributed by atoms with Gasteiger partial charge in [0.05, 0.1) is 11.9 Å². The maximum Gasteiger partial charge on any atom is 0.358 e. The van der Waals surface area contributed by atoms with Crippen molar-refractivity contribution in [2.45, 2.75) is 4.90 Å². The van der Waals surface area contributed by atoms with E-state index in [-0.39, 0.29) is 22.1 Å². The monoisotopic (exact) mass is 311 g/mol. The topological polar surface area (TPSA) is 131 Å². The van der Waals surface area contributed by atoms with Gasteiger partial charge in [-0.1, -0.05) is 0 Å². The van der Waals surface area contributed by atoms with Crippen LogP contribution in [0.25, 0.3) is 5.82 Å². The number of carbonyl (C=O) groups is 1. The van der Waals surface area contributed by atoms with E-state index in [1.54, 1.807) is 0 Å². The molecule has 112 valence electrons. The number of carboxylic acid groups (broad SMARTS) is 1. The lowest BCUT2D eigenvalue weighted by atomic mass is 10.4. The van der Waals surface area contributed by atoms with Crippen LogP contribution in [0.4, 0.5) is 5.69 Å². The molecule has 0 aliphatic rings. The van der Waals surface area contributed by atoms with Crippen molar-refractivity contribution in [1.82, 2.24) is 19.1 Å². The number of hydrogen-bond acceptors (Lipinski definition) is 6. The van der Waals surface area contributed by atoms with E-state index in [1.165, 1.54) is 43.3 Å². The van der Waals surface area contributed by atoms with E-state index in [4.69, 9.17) is 10.8 Å². The predicted octanol–water partition coefficient (Wildman–Crippen LogP) is -0.202. The largest absolute Gasteiger partial charge is 0.476 e. The number of pyridine rings is 1. The van der Waals surface area contributed by atoms with Crippen LogP contribution in [0.15, 0.2) is 29.4 Å². The zero-order valence-corrected chi connectivity index (χ0v) is 12.1. The fraction of sp³-hybridized carbons (Fsp3) is 0.182. The second-order valence-corrected chi connectivity index (χ2v) is 6.47. The Morgan fingerprint density at radius 3 is 2.48 bits per heavy atom. The number of aromatic nitrogens is 3. The van der Waals surface area contributed by atoms with Gasteiger partial charge in [-0.2, -0.15) is 5.10 Å². The molecule has 0 saturated carbocycles.